The van der Waals surface area contributed by atoms with Gasteiger partial charge >= 0.3 is 0 Å². The molecule has 2 atom stereocenters. The van der Waals surface area contributed by atoms with Crippen molar-refractivity contribution in [3.63, 3.8) is 0 Å². The first-order chi connectivity index (χ1) is 9.22. The summed E-state index contributed by atoms with van der Waals surface area (Å²) in [6, 6.07) is 7.78. The van der Waals surface area contributed by atoms with E-state index >= 15 is 0 Å². The highest BCUT2D eigenvalue weighted by atomic mass is 16.5. The number of aryl methyl sites for hydroxylation is 1. The molecule has 0 radical (unpaired) electrons. The van der Waals surface area contributed by atoms with Crippen LogP contribution < -0.4 is 10.1 Å². The Morgan fingerprint density at radius 3 is 2.95 bits per heavy atom. The zero-order valence-corrected chi connectivity index (χ0v) is 12.5. The predicted octanol–water partition coefficient (Wildman–Crippen LogP) is 3.72. The second-order valence-corrected chi connectivity index (χ2v) is 5.78. The van der Waals surface area contributed by atoms with Crippen molar-refractivity contribution >= 4 is 0 Å². The molecule has 106 valence electrons. The molecule has 1 aromatic carbocycles. The third kappa shape index (κ3) is 3.97. The number of benzene rings is 1. The molecular weight excluding hydrogens is 234 g/mol. The molecule has 0 saturated heterocycles. The summed E-state index contributed by atoms with van der Waals surface area (Å²) >= 11 is 0. The van der Waals surface area contributed by atoms with E-state index in [4.69, 9.17) is 4.74 Å². The van der Waals surface area contributed by atoms with Crippen molar-refractivity contribution < 1.29 is 4.74 Å². The van der Waals surface area contributed by atoms with Crippen molar-refractivity contribution in [2.45, 2.75) is 64.5 Å². The van der Waals surface area contributed by atoms with Crippen LogP contribution in [0.15, 0.2) is 18.2 Å². The van der Waals surface area contributed by atoms with E-state index in [9.17, 15) is 0 Å². The van der Waals surface area contributed by atoms with Crippen molar-refractivity contribution in [3.05, 3.63) is 29.3 Å². The van der Waals surface area contributed by atoms with Crippen molar-refractivity contribution in [3.8, 4) is 5.75 Å². The minimum Gasteiger partial charge on any atom is -0.497 e. The molecule has 0 bridgehead atoms. The third-order valence-corrected chi connectivity index (χ3v) is 4.15. The lowest BCUT2D eigenvalue weighted by Crippen LogP contribution is -2.40. The average Bonchev–Trinajstić information content (AvgIpc) is 2.44. The Hall–Kier alpha value is -1.02. The molecule has 2 rings (SSSR count). The Kier molecular flexibility index (Phi) is 5.26. The predicted molar refractivity (Wildman–Crippen MR) is 80.9 cm³/mol. The van der Waals surface area contributed by atoms with Crippen LogP contribution in [0.5, 0.6) is 5.75 Å². The summed E-state index contributed by atoms with van der Waals surface area (Å²) in [5, 5.41) is 3.79. The van der Waals surface area contributed by atoms with Gasteiger partial charge in [0.15, 0.2) is 0 Å². The number of rotatable bonds is 6. The molecule has 1 aliphatic rings. The first kappa shape index (κ1) is 14.4. The Balaban J connectivity index is 1.93. The lowest BCUT2D eigenvalue weighted by atomic mass is 9.87. The molecular formula is C17H27NO. The van der Waals surface area contributed by atoms with Crippen molar-refractivity contribution in [2.75, 3.05) is 7.11 Å². The third-order valence-electron chi connectivity index (χ3n) is 4.15. The minimum absolute atomic E-state index is 0.631. The summed E-state index contributed by atoms with van der Waals surface area (Å²) in [6.07, 6.45) is 7.50. The minimum atomic E-state index is 0.631. The maximum Gasteiger partial charge on any atom is 0.119 e. The van der Waals surface area contributed by atoms with E-state index < -0.39 is 0 Å². The maximum absolute atomic E-state index is 5.33. The first-order valence-electron chi connectivity index (χ1n) is 7.64. The fourth-order valence-electron chi connectivity index (χ4n) is 3.00. The van der Waals surface area contributed by atoms with Crippen LogP contribution in [-0.4, -0.2) is 19.2 Å². The zero-order chi connectivity index (χ0) is 13.7. The van der Waals surface area contributed by atoms with Gasteiger partial charge in [-0.25, -0.2) is 0 Å². The number of fused-ring (bicyclic) bond motifs is 1. The summed E-state index contributed by atoms with van der Waals surface area (Å²) in [4.78, 5) is 0. The molecule has 0 aliphatic heterocycles. The van der Waals surface area contributed by atoms with Crippen molar-refractivity contribution in [1.82, 2.24) is 5.32 Å². The molecule has 0 amide bonds. The summed E-state index contributed by atoms with van der Waals surface area (Å²) in [7, 11) is 1.74. The van der Waals surface area contributed by atoms with Crippen LogP contribution in [0.25, 0.3) is 0 Å². The lowest BCUT2D eigenvalue weighted by molar-refractivity contribution is 0.384. The average molecular weight is 261 g/mol. The fourth-order valence-corrected chi connectivity index (χ4v) is 3.00. The van der Waals surface area contributed by atoms with Crippen LogP contribution >= 0.6 is 0 Å². The molecule has 2 unspecified atom stereocenters. The van der Waals surface area contributed by atoms with E-state index in [1.165, 1.54) is 43.2 Å². The van der Waals surface area contributed by atoms with Gasteiger partial charge in [0.05, 0.1) is 7.11 Å². The van der Waals surface area contributed by atoms with Gasteiger partial charge in [-0.3, -0.25) is 0 Å². The molecule has 1 N–H and O–H groups in total. The summed E-state index contributed by atoms with van der Waals surface area (Å²) in [5.74, 6) is 0.985. The molecule has 2 heteroatoms. The van der Waals surface area contributed by atoms with Crippen LogP contribution in [0.2, 0.25) is 0 Å². The molecule has 0 heterocycles. The van der Waals surface area contributed by atoms with Gasteiger partial charge in [0.25, 0.3) is 0 Å². The molecule has 2 nitrogen and oxygen atoms in total. The lowest BCUT2D eigenvalue weighted by Gasteiger charge is -2.28. The number of unbranched alkanes of at least 4 members (excludes halogenated alkanes) is 1. The summed E-state index contributed by atoms with van der Waals surface area (Å²) in [5.41, 5.74) is 2.96. The van der Waals surface area contributed by atoms with Crippen LogP contribution in [-0.2, 0) is 12.8 Å². The van der Waals surface area contributed by atoms with Gasteiger partial charge in [0, 0.05) is 12.1 Å². The largest absolute Gasteiger partial charge is 0.497 e. The summed E-state index contributed by atoms with van der Waals surface area (Å²) in [6.45, 7) is 4.58. The van der Waals surface area contributed by atoms with Crippen molar-refractivity contribution in [2.24, 2.45) is 0 Å². The van der Waals surface area contributed by atoms with Crippen LogP contribution in [0, 0.1) is 0 Å². The highest BCUT2D eigenvalue weighted by Gasteiger charge is 2.20. The number of ether oxygens (including phenoxy) is 1. The highest BCUT2D eigenvalue weighted by Crippen LogP contribution is 2.25. The van der Waals surface area contributed by atoms with E-state index in [0.717, 1.165) is 12.2 Å². The van der Waals surface area contributed by atoms with E-state index in [1.54, 1.807) is 7.11 Å². The molecule has 1 aliphatic carbocycles. The Morgan fingerprint density at radius 2 is 2.21 bits per heavy atom. The van der Waals surface area contributed by atoms with Gasteiger partial charge < -0.3 is 10.1 Å². The maximum atomic E-state index is 5.33. The SMILES string of the molecule is CCCCC(C)NC1CCc2ccc(OC)cc2C1. The van der Waals surface area contributed by atoms with Crippen molar-refractivity contribution in [1.29, 1.82) is 0 Å². The van der Waals surface area contributed by atoms with Crippen LogP contribution in [0.4, 0.5) is 0 Å². The second kappa shape index (κ2) is 6.95. The highest BCUT2D eigenvalue weighted by molar-refractivity contribution is 5.37. The zero-order valence-electron chi connectivity index (χ0n) is 12.5. The van der Waals surface area contributed by atoms with Gasteiger partial charge in [-0.15, -0.1) is 0 Å². The Bertz CT molecular complexity index is 402. The van der Waals surface area contributed by atoms with Gasteiger partial charge in [0.2, 0.25) is 0 Å². The second-order valence-electron chi connectivity index (χ2n) is 5.78. The van der Waals surface area contributed by atoms with Gasteiger partial charge in [-0.1, -0.05) is 25.8 Å². The Morgan fingerprint density at radius 1 is 1.37 bits per heavy atom. The molecule has 19 heavy (non-hydrogen) atoms. The first-order valence-corrected chi connectivity index (χ1v) is 7.64. The number of nitrogens with one attached hydrogen (secondary N) is 1. The Labute approximate surface area is 117 Å². The molecule has 1 aromatic rings. The van der Waals surface area contributed by atoms with Gasteiger partial charge in [-0.2, -0.15) is 0 Å². The van der Waals surface area contributed by atoms with Crippen LogP contribution in [0.3, 0.4) is 0 Å². The summed E-state index contributed by atoms with van der Waals surface area (Å²) < 4.78 is 5.33. The van der Waals surface area contributed by atoms with E-state index in [1.807, 2.05) is 0 Å². The fraction of sp³-hybridized carbons (Fsp3) is 0.647. The topological polar surface area (TPSA) is 21.3 Å². The van der Waals surface area contributed by atoms with Gasteiger partial charge in [-0.05, 0) is 55.9 Å². The number of methoxy groups -OCH3 is 1. The smallest absolute Gasteiger partial charge is 0.119 e. The monoisotopic (exact) mass is 261 g/mol. The molecule has 0 spiro atoms. The van der Waals surface area contributed by atoms with Gasteiger partial charge in [0.1, 0.15) is 5.75 Å². The molecule has 0 aromatic heterocycles. The number of hydrogen-bond acceptors (Lipinski definition) is 2. The normalized spacial score (nSPS) is 19.8. The van der Waals surface area contributed by atoms with E-state index in [2.05, 4.69) is 37.4 Å². The van der Waals surface area contributed by atoms with E-state index in [0.29, 0.717) is 12.1 Å². The number of hydrogen-bond donors (Lipinski definition) is 1. The van der Waals surface area contributed by atoms with E-state index in [-0.39, 0.29) is 0 Å². The molecule has 0 saturated carbocycles. The molecule has 0 fully saturated rings. The standard InChI is InChI=1S/C17H27NO/c1-4-5-6-13(2)18-16-9-7-14-8-10-17(19-3)12-15(14)11-16/h8,10,12-13,16,18H,4-7,9,11H2,1-3H3. The van der Waals surface area contributed by atoms with Crippen LogP contribution in [0.1, 0.15) is 50.7 Å². The quantitative estimate of drug-likeness (QED) is 0.842.